The molecule has 25 heavy (non-hydrogen) atoms. The van der Waals surface area contributed by atoms with E-state index >= 15 is 0 Å². The summed E-state index contributed by atoms with van der Waals surface area (Å²) >= 11 is 0. The number of carbonyl (C=O) groups is 1. The molecule has 0 unspecified atom stereocenters. The number of hydrogen-bond donors (Lipinski definition) is 2. The summed E-state index contributed by atoms with van der Waals surface area (Å²) in [5.74, 6) is 0.680. The normalized spacial score (nSPS) is 10.1. The van der Waals surface area contributed by atoms with Crippen LogP contribution in [0.1, 0.15) is 10.4 Å². The number of benzene rings is 3. The smallest absolute Gasteiger partial charge is 0.251 e. The van der Waals surface area contributed by atoms with Crippen molar-refractivity contribution in [3.05, 3.63) is 90.5 Å². The summed E-state index contributed by atoms with van der Waals surface area (Å²) in [4.78, 5) is 12.3. The second-order valence-corrected chi connectivity index (χ2v) is 5.49. The van der Waals surface area contributed by atoms with Gasteiger partial charge in [-0.15, -0.1) is 0 Å². The Kier molecular flexibility index (Phi) is 5.67. The Morgan fingerprint density at radius 3 is 2.24 bits per heavy atom. The fraction of sp³-hybridized carbons (Fsp3) is 0.0952. The number of hydrogen-bond acceptors (Lipinski definition) is 3. The fourth-order valence-electron chi connectivity index (χ4n) is 2.38. The molecule has 126 valence electrons. The lowest BCUT2D eigenvalue weighted by molar-refractivity contribution is 0.0947. The van der Waals surface area contributed by atoms with E-state index in [1.165, 1.54) is 0 Å². The van der Waals surface area contributed by atoms with E-state index in [0.717, 1.165) is 17.1 Å². The van der Waals surface area contributed by atoms with E-state index in [-0.39, 0.29) is 5.91 Å². The maximum Gasteiger partial charge on any atom is 0.251 e. The Bertz CT molecular complexity index is 804. The van der Waals surface area contributed by atoms with Gasteiger partial charge in [0.05, 0.1) is 6.54 Å². The number of anilines is 2. The average Bonchev–Trinajstić information content (AvgIpc) is 2.67. The van der Waals surface area contributed by atoms with Gasteiger partial charge in [-0.3, -0.25) is 4.79 Å². The summed E-state index contributed by atoms with van der Waals surface area (Å²) < 4.78 is 5.57. The standard InChI is InChI=1S/C21H20N2O2/c24-21(22-14-15-25-20-12-5-2-6-13-20)17-8-7-11-19(16-17)23-18-9-3-1-4-10-18/h1-13,16,23H,14-15H2,(H,22,24). The molecule has 2 N–H and O–H groups in total. The molecule has 0 fully saturated rings. The van der Waals surface area contributed by atoms with Crippen LogP contribution in [0, 0.1) is 0 Å². The molecule has 0 radical (unpaired) electrons. The lowest BCUT2D eigenvalue weighted by atomic mass is 10.2. The van der Waals surface area contributed by atoms with Crippen LogP contribution < -0.4 is 15.4 Å². The van der Waals surface area contributed by atoms with E-state index in [1.807, 2.05) is 78.9 Å². The van der Waals surface area contributed by atoms with Gasteiger partial charge in [0.25, 0.3) is 5.91 Å². The molecule has 3 aromatic carbocycles. The van der Waals surface area contributed by atoms with Crippen LogP contribution in [0.3, 0.4) is 0 Å². The first-order valence-electron chi connectivity index (χ1n) is 8.19. The molecule has 0 saturated carbocycles. The first-order chi connectivity index (χ1) is 12.3. The molecule has 0 aliphatic rings. The Morgan fingerprint density at radius 1 is 0.800 bits per heavy atom. The monoisotopic (exact) mass is 332 g/mol. The van der Waals surface area contributed by atoms with Crippen molar-refractivity contribution in [1.82, 2.24) is 5.32 Å². The van der Waals surface area contributed by atoms with Gasteiger partial charge in [0.2, 0.25) is 0 Å². The van der Waals surface area contributed by atoms with Gasteiger partial charge in [-0.25, -0.2) is 0 Å². The van der Waals surface area contributed by atoms with Gasteiger partial charge in [0, 0.05) is 16.9 Å². The predicted molar refractivity (Wildman–Crippen MR) is 100 cm³/mol. The summed E-state index contributed by atoms with van der Waals surface area (Å²) in [5.41, 5.74) is 2.47. The van der Waals surface area contributed by atoms with E-state index in [2.05, 4.69) is 10.6 Å². The van der Waals surface area contributed by atoms with Gasteiger partial charge in [-0.05, 0) is 42.5 Å². The van der Waals surface area contributed by atoms with Gasteiger partial charge >= 0.3 is 0 Å². The molecule has 0 atom stereocenters. The molecular formula is C21H20N2O2. The topological polar surface area (TPSA) is 50.4 Å². The number of nitrogens with one attached hydrogen (secondary N) is 2. The molecule has 0 bridgehead atoms. The van der Waals surface area contributed by atoms with E-state index in [1.54, 1.807) is 6.07 Å². The second kappa shape index (κ2) is 8.55. The molecule has 4 nitrogen and oxygen atoms in total. The fourth-order valence-corrected chi connectivity index (χ4v) is 2.38. The lowest BCUT2D eigenvalue weighted by Gasteiger charge is -2.10. The zero-order chi connectivity index (χ0) is 17.3. The van der Waals surface area contributed by atoms with Crippen LogP contribution in [0.2, 0.25) is 0 Å². The molecule has 0 aromatic heterocycles. The van der Waals surface area contributed by atoms with E-state index < -0.39 is 0 Å². The number of ether oxygens (including phenoxy) is 1. The average molecular weight is 332 g/mol. The van der Waals surface area contributed by atoms with Crippen LogP contribution >= 0.6 is 0 Å². The van der Waals surface area contributed by atoms with Crippen LogP contribution in [0.25, 0.3) is 0 Å². The highest BCUT2D eigenvalue weighted by molar-refractivity contribution is 5.95. The summed E-state index contributed by atoms with van der Waals surface area (Å²) in [6, 6.07) is 26.8. The SMILES string of the molecule is O=C(NCCOc1ccccc1)c1cccc(Nc2ccccc2)c1. The number of para-hydroxylation sites is 2. The summed E-state index contributed by atoms with van der Waals surface area (Å²) in [6.07, 6.45) is 0. The molecule has 0 aliphatic carbocycles. The Morgan fingerprint density at radius 2 is 1.48 bits per heavy atom. The van der Waals surface area contributed by atoms with Gasteiger partial charge in [0.15, 0.2) is 0 Å². The predicted octanol–water partition coefficient (Wildman–Crippen LogP) is 4.24. The van der Waals surface area contributed by atoms with Crippen molar-refractivity contribution < 1.29 is 9.53 Å². The molecule has 3 aromatic rings. The first kappa shape index (κ1) is 16.6. The second-order valence-electron chi connectivity index (χ2n) is 5.49. The molecule has 4 heteroatoms. The Balaban J connectivity index is 1.51. The molecule has 0 spiro atoms. The van der Waals surface area contributed by atoms with Crippen molar-refractivity contribution in [3.63, 3.8) is 0 Å². The molecule has 0 saturated heterocycles. The highest BCUT2D eigenvalue weighted by atomic mass is 16.5. The molecule has 3 rings (SSSR count). The third-order valence-electron chi connectivity index (χ3n) is 3.59. The van der Waals surface area contributed by atoms with Gasteiger partial charge in [-0.2, -0.15) is 0 Å². The summed E-state index contributed by atoms with van der Waals surface area (Å²) in [7, 11) is 0. The molecule has 1 amide bonds. The maximum absolute atomic E-state index is 12.3. The minimum atomic E-state index is -0.117. The van der Waals surface area contributed by atoms with Gasteiger partial charge in [-0.1, -0.05) is 42.5 Å². The minimum Gasteiger partial charge on any atom is -0.492 e. The van der Waals surface area contributed by atoms with Crippen LogP contribution in [0.4, 0.5) is 11.4 Å². The third kappa shape index (κ3) is 5.11. The quantitative estimate of drug-likeness (QED) is 0.636. The highest BCUT2D eigenvalue weighted by Gasteiger charge is 2.06. The van der Waals surface area contributed by atoms with Crippen LogP contribution in [0.5, 0.6) is 5.75 Å². The Hall–Kier alpha value is -3.27. The van der Waals surface area contributed by atoms with Crippen molar-refractivity contribution in [2.75, 3.05) is 18.5 Å². The van der Waals surface area contributed by atoms with E-state index in [9.17, 15) is 4.79 Å². The van der Waals surface area contributed by atoms with Crippen molar-refractivity contribution in [1.29, 1.82) is 0 Å². The van der Waals surface area contributed by atoms with Crippen molar-refractivity contribution in [2.24, 2.45) is 0 Å². The van der Waals surface area contributed by atoms with Gasteiger partial charge in [0.1, 0.15) is 12.4 Å². The number of rotatable bonds is 7. The van der Waals surface area contributed by atoms with Crippen LogP contribution in [0.15, 0.2) is 84.9 Å². The minimum absolute atomic E-state index is 0.117. The maximum atomic E-state index is 12.3. The highest BCUT2D eigenvalue weighted by Crippen LogP contribution is 2.17. The third-order valence-corrected chi connectivity index (χ3v) is 3.59. The molecule has 0 aliphatic heterocycles. The first-order valence-corrected chi connectivity index (χ1v) is 8.19. The van der Waals surface area contributed by atoms with Crippen LogP contribution in [-0.4, -0.2) is 19.1 Å². The van der Waals surface area contributed by atoms with Crippen LogP contribution in [-0.2, 0) is 0 Å². The number of amides is 1. The van der Waals surface area contributed by atoms with Crippen molar-refractivity contribution in [3.8, 4) is 5.75 Å². The lowest BCUT2D eigenvalue weighted by Crippen LogP contribution is -2.28. The van der Waals surface area contributed by atoms with E-state index in [4.69, 9.17) is 4.74 Å². The van der Waals surface area contributed by atoms with Crippen molar-refractivity contribution in [2.45, 2.75) is 0 Å². The molecule has 0 heterocycles. The molecular weight excluding hydrogens is 312 g/mol. The summed E-state index contributed by atoms with van der Waals surface area (Å²) in [6.45, 7) is 0.877. The van der Waals surface area contributed by atoms with Crippen molar-refractivity contribution >= 4 is 17.3 Å². The van der Waals surface area contributed by atoms with E-state index in [0.29, 0.717) is 18.7 Å². The summed E-state index contributed by atoms with van der Waals surface area (Å²) in [5, 5.41) is 6.15. The van der Waals surface area contributed by atoms with Gasteiger partial charge < -0.3 is 15.4 Å². The zero-order valence-corrected chi connectivity index (χ0v) is 13.8. The largest absolute Gasteiger partial charge is 0.492 e. The zero-order valence-electron chi connectivity index (χ0n) is 13.8. The Labute approximate surface area is 147 Å². The number of carbonyl (C=O) groups excluding carboxylic acids is 1.